The fourth-order valence-electron chi connectivity index (χ4n) is 5.42. The minimum atomic E-state index is 0.0367. The first-order chi connectivity index (χ1) is 19.2. The maximum Gasteiger partial charge on any atom is 0.224 e. The van der Waals surface area contributed by atoms with Gasteiger partial charge < -0.3 is 14.7 Å². The number of hydrogen-bond acceptors (Lipinski definition) is 7. The molecule has 10 heteroatoms. The van der Waals surface area contributed by atoms with Crippen LogP contribution in [0.25, 0.3) is 56.1 Å². The maximum absolute atomic E-state index is 12.7. The van der Waals surface area contributed by atoms with E-state index in [1.807, 2.05) is 30.3 Å². The smallest absolute Gasteiger partial charge is 0.224 e. The lowest BCUT2D eigenvalue weighted by Gasteiger charge is -2.20. The average molecular weight is 519 g/mol. The highest BCUT2D eigenvalue weighted by molar-refractivity contribution is 5.95. The molecule has 3 N–H and O–H groups in total. The second-order valence-electron chi connectivity index (χ2n) is 10.0. The molecular formula is C29H26N8O2. The number of H-pyrrole nitrogens is 2. The number of pyridine rings is 3. The van der Waals surface area contributed by atoms with Crippen LogP contribution in [0.3, 0.4) is 0 Å². The number of hydrogen-bond donors (Lipinski definition) is 3. The fraction of sp³-hybridized carbons (Fsp3) is 0.241. The Labute approximate surface area is 223 Å². The van der Waals surface area contributed by atoms with E-state index < -0.39 is 0 Å². The Morgan fingerprint density at radius 2 is 1.97 bits per heavy atom. The molecule has 1 amide bonds. The van der Waals surface area contributed by atoms with Crippen LogP contribution in [0.2, 0.25) is 0 Å². The molecule has 6 aromatic rings. The molecule has 1 fully saturated rings. The third-order valence-electron chi connectivity index (χ3n) is 7.37. The summed E-state index contributed by atoms with van der Waals surface area (Å²) in [5.74, 6) is 1.07. The highest BCUT2D eigenvalue weighted by Gasteiger charge is 2.19. The Morgan fingerprint density at radius 3 is 2.85 bits per heavy atom. The van der Waals surface area contributed by atoms with Gasteiger partial charge in [-0.1, -0.05) is 19.3 Å². The van der Waals surface area contributed by atoms with Crippen LogP contribution in [0.4, 0.5) is 5.69 Å². The van der Waals surface area contributed by atoms with Gasteiger partial charge in [-0.3, -0.25) is 14.9 Å². The lowest BCUT2D eigenvalue weighted by molar-refractivity contribution is -0.117. The number of fused-ring (bicyclic) bond motifs is 2. The molecule has 1 aliphatic rings. The van der Waals surface area contributed by atoms with E-state index in [2.05, 4.69) is 30.5 Å². The van der Waals surface area contributed by atoms with Crippen LogP contribution in [0, 0.1) is 5.92 Å². The van der Waals surface area contributed by atoms with E-state index in [0.29, 0.717) is 46.4 Å². The minimum absolute atomic E-state index is 0.0367. The molecule has 0 saturated heterocycles. The number of carbonyl (C=O) groups excluding carboxylic acids is 1. The summed E-state index contributed by atoms with van der Waals surface area (Å²) in [7, 11) is 0. The molecular weight excluding hydrogens is 492 g/mol. The van der Waals surface area contributed by atoms with E-state index >= 15 is 0 Å². The summed E-state index contributed by atoms with van der Waals surface area (Å²) >= 11 is 0. The topological polar surface area (TPSA) is 138 Å². The Hall–Kier alpha value is -4.86. The number of imidazole rings is 1. The summed E-state index contributed by atoms with van der Waals surface area (Å²) in [4.78, 5) is 34.4. The molecule has 0 unspecified atom stereocenters. The monoisotopic (exact) mass is 518 g/mol. The van der Waals surface area contributed by atoms with Crippen molar-refractivity contribution in [3.05, 3.63) is 61.4 Å². The zero-order chi connectivity index (χ0) is 26.2. The third-order valence-corrected chi connectivity index (χ3v) is 7.37. The van der Waals surface area contributed by atoms with Gasteiger partial charge in [0.1, 0.15) is 5.52 Å². The Bertz CT molecular complexity index is 1780. The van der Waals surface area contributed by atoms with Crippen molar-refractivity contribution in [1.29, 1.82) is 0 Å². The first kappa shape index (κ1) is 23.3. The lowest BCUT2D eigenvalue weighted by Crippen LogP contribution is -2.18. The zero-order valence-electron chi connectivity index (χ0n) is 21.1. The number of carbonyl (C=O) groups is 1. The highest BCUT2D eigenvalue weighted by atomic mass is 16.3. The van der Waals surface area contributed by atoms with E-state index in [1.165, 1.54) is 19.3 Å². The molecule has 6 heterocycles. The van der Waals surface area contributed by atoms with Gasteiger partial charge in [0, 0.05) is 35.5 Å². The predicted octanol–water partition coefficient (Wildman–Crippen LogP) is 6.13. The molecule has 7 rings (SSSR count). The molecule has 39 heavy (non-hydrogen) atoms. The molecule has 0 spiro atoms. The Morgan fingerprint density at radius 1 is 1.05 bits per heavy atom. The quantitative estimate of drug-likeness (QED) is 0.241. The maximum atomic E-state index is 12.7. The van der Waals surface area contributed by atoms with E-state index in [9.17, 15) is 4.79 Å². The number of anilines is 1. The van der Waals surface area contributed by atoms with E-state index in [0.717, 1.165) is 40.6 Å². The Kier molecular flexibility index (Phi) is 5.84. The van der Waals surface area contributed by atoms with Gasteiger partial charge in [-0.15, -0.1) is 0 Å². The predicted molar refractivity (Wildman–Crippen MR) is 148 cm³/mol. The average Bonchev–Trinajstić information content (AvgIpc) is 3.73. The summed E-state index contributed by atoms with van der Waals surface area (Å²) in [5.41, 5.74) is 7.47. The third kappa shape index (κ3) is 4.54. The largest absolute Gasteiger partial charge is 0.472 e. The van der Waals surface area contributed by atoms with E-state index in [1.54, 1.807) is 31.1 Å². The number of aromatic nitrogens is 7. The summed E-state index contributed by atoms with van der Waals surface area (Å²) in [6, 6.07) is 9.56. The van der Waals surface area contributed by atoms with Gasteiger partial charge in [0.2, 0.25) is 5.91 Å². The highest BCUT2D eigenvalue weighted by Crippen LogP contribution is 2.32. The van der Waals surface area contributed by atoms with E-state index in [-0.39, 0.29) is 5.91 Å². The summed E-state index contributed by atoms with van der Waals surface area (Å²) in [5, 5.41) is 10.6. The number of furan rings is 1. The number of nitrogens with zero attached hydrogens (tertiary/aromatic N) is 5. The van der Waals surface area contributed by atoms with Crippen LogP contribution in [0.1, 0.15) is 38.5 Å². The number of rotatable bonds is 6. The van der Waals surface area contributed by atoms with Gasteiger partial charge in [0.05, 0.1) is 41.1 Å². The van der Waals surface area contributed by atoms with Crippen molar-refractivity contribution in [2.75, 3.05) is 5.32 Å². The molecule has 1 saturated carbocycles. The van der Waals surface area contributed by atoms with Crippen molar-refractivity contribution in [2.24, 2.45) is 5.92 Å². The van der Waals surface area contributed by atoms with Gasteiger partial charge >= 0.3 is 0 Å². The van der Waals surface area contributed by atoms with Gasteiger partial charge in [0.15, 0.2) is 17.2 Å². The van der Waals surface area contributed by atoms with E-state index in [4.69, 9.17) is 14.4 Å². The van der Waals surface area contributed by atoms with Crippen LogP contribution < -0.4 is 5.32 Å². The van der Waals surface area contributed by atoms with Crippen molar-refractivity contribution in [3.8, 4) is 33.9 Å². The van der Waals surface area contributed by atoms with Crippen LogP contribution in [-0.4, -0.2) is 41.0 Å². The van der Waals surface area contributed by atoms with Gasteiger partial charge in [-0.05, 0) is 49.1 Å². The summed E-state index contributed by atoms with van der Waals surface area (Å²) < 4.78 is 5.26. The van der Waals surface area contributed by atoms with Crippen molar-refractivity contribution in [3.63, 3.8) is 0 Å². The number of amides is 1. The molecule has 1 aliphatic carbocycles. The van der Waals surface area contributed by atoms with Crippen LogP contribution >= 0.6 is 0 Å². The van der Waals surface area contributed by atoms with Gasteiger partial charge in [-0.25, -0.2) is 15.0 Å². The van der Waals surface area contributed by atoms with Crippen molar-refractivity contribution < 1.29 is 9.21 Å². The summed E-state index contributed by atoms with van der Waals surface area (Å²) in [6.07, 6.45) is 15.0. The molecule has 0 aliphatic heterocycles. The van der Waals surface area contributed by atoms with Crippen molar-refractivity contribution >= 4 is 33.8 Å². The molecule has 0 radical (unpaired) electrons. The summed E-state index contributed by atoms with van der Waals surface area (Å²) in [6.45, 7) is 0. The zero-order valence-corrected chi connectivity index (χ0v) is 21.1. The molecule has 0 aromatic carbocycles. The first-order valence-corrected chi connectivity index (χ1v) is 13.2. The first-order valence-electron chi connectivity index (χ1n) is 13.2. The van der Waals surface area contributed by atoms with Gasteiger partial charge in [-0.2, -0.15) is 5.10 Å². The minimum Gasteiger partial charge on any atom is -0.472 e. The second-order valence-corrected chi connectivity index (χ2v) is 10.0. The van der Waals surface area contributed by atoms with Crippen LogP contribution in [-0.2, 0) is 4.79 Å². The molecule has 6 aromatic heterocycles. The molecule has 194 valence electrons. The van der Waals surface area contributed by atoms with Crippen molar-refractivity contribution in [1.82, 2.24) is 35.1 Å². The second kappa shape index (κ2) is 9.79. The lowest BCUT2D eigenvalue weighted by atomic mass is 9.87. The normalized spacial score (nSPS) is 14.3. The number of aromatic amines is 2. The molecule has 0 bridgehead atoms. The number of nitrogens with one attached hydrogen (secondary N) is 3. The fourth-order valence-corrected chi connectivity index (χ4v) is 5.42. The van der Waals surface area contributed by atoms with Crippen LogP contribution in [0.15, 0.2) is 65.9 Å². The Balaban J connectivity index is 1.19. The molecule has 0 atom stereocenters. The van der Waals surface area contributed by atoms with Crippen molar-refractivity contribution in [2.45, 2.75) is 38.5 Å². The standard InChI is InChI=1S/C29H26N8O2/c38-24(12-17-4-2-1-3-5-17)32-20-13-19(14-30-15-20)22-6-7-23-26(33-22)27(37-36-23)29-34-25-21(18-9-11-39-16-18)8-10-31-28(25)35-29/h6-11,13-17H,1-5,12H2,(H,32,38)(H,36,37)(H,31,34,35). The molecule has 10 nitrogen and oxygen atoms in total. The SMILES string of the molecule is O=C(CC1CCCCC1)Nc1cncc(-c2ccc3[nH]nc(-c4nc5nccc(-c6ccoc6)c5[nH]4)c3n2)c1. The van der Waals surface area contributed by atoms with Gasteiger partial charge in [0.25, 0.3) is 0 Å². The van der Waals surface area contributed by atoms with Crippen LogP contribution in [0.5, 0.6) is 0 Å².